The topological polar surface area (TPSA) is 3.24 Å². The molecule has 0 spiro atoms. The molecule has 0 saturated heterocycles. The zero-order chi connectivity index (χ0) is 11.9. The van der Waals surface area contributed by atoms with E-state index in [0.29, 0.717) is 0 Å². The second-order valence-corrected chi connectivity index (χ2v) is 2.69. The first-order valence-corrected chi connectivity index (χ1v) is 5.43. The number of rotatable bonds is 2. The molecule has 0 amide bonds. The van der Waals surface area contributed by atoms with Gasteiger partial charge in [-0.3, -0.25) is 4.90 Å². The Morgan fingerprint density at radius 1 is 1.00 bits per heavy atom. The van der Waals surface area contributed by atoms with E-state index in [4.69, 9.17) is 6.42 Å². The average molecular weight is 205 g/mol. The Balaban J connectivity index is 0. The molecule has 0 aliphatic rings. The summed E-state index contributed by atoms with van der Waals surface area (Å²) in [5.41, 5.74) is 0. The number of benzene rings is 1. The molecule has 1 aromatic rings. The second-order valence-electron chi connectivity index (χ2n) is 2.69. The lowest BCUT2D eigenvalue weighted by molar-refractivity contribution is 0.398. The van der Waals surface area contributed by atoms with Crippen LogP contribution in [0.15, 0.2) is 36.4 Å². The lowest BCUT2D eigenvalue weighted by Crippen LogP contribution is -2.16. The maximum atomic E-state index is 5.01. The Kier molecular flexibility index (Phi) is 16.4. The van der Waals surface area contributed by atoms with Crippen LogP contribution in [0.2, 0.25) is 0 Å². The van der Waals surface area contributed by atoms with Crippen molar-refractivity contribution in [3.63, 3.8) is 0 Å². The smallest absolute Gasteiger partial charge is 0.0596 e. The van der Waals surface area contributed by atoms with Crippen molar-refractivity contribution in [2.75, 3.05) is 20.1 Å². The fourth-order valence-corrected chi connectivity index (χ4v) is 0.653. The summed E-state index contributed by atoms with van der Waals surface area (Å²) >= 11 is 0. The Hall–Kier alpha value is -1.26. The quantitative estimate of drug-likeness (QED) is 0.670. The van der Waals surface area contributed by atoms with Crippen molar-refractivity contribution in [1.82, 2.24) is 4.90 Å². The van der Waals surface area contributed by atoms with Gasteiger partial charge < -0.3 is 0 Å². The predicted molar refractivity (Wildman–Crippen MR) is 69.8 cm³/mol. The molecule has 0 atom stereocenters. The van der Waals surface area contributed by atoms with Gasteiger partial charge in [-0.25, -0.2) is 0 Å². The van der Waals surface area contributed by atoms with E-state index in [1.165, 1.54) is 0 Å². The van der Waals surface area contributed by atoms with E-state index >= 15 is 0 Å². The van der Waals surface area contributed by atoms with Crippen LogP contribution in [0.5, 0.6) is 0 Å². The standard InChI is InChI=1S/C6H11N.C6H6.C2H6/c1-4-6-7(3)5-2;1-2-4-6-5-3-1;1-2/h1H,5-6H2,2-3H3;1-6H;1-2H3. The summed E-state index contributed by atoms with van der Waals surface area (Å²) in [7, 11) is 2.00. The maximum Gasteiger partial charge on any atom is 0.0596 e. The Labute approximate surface area is 95.1 Å². The highest BCUT2D eigenvalue weighted by atomic mass is 15.1. The molecule has 1 rings (SSSR count). The van der Waals surface area contributed by atoms with Crippen molar-refractivity contribution in [2.24, 2.45) is 0 Å². The summed E-state index contributed by atoms with van der Waals surface area (Å²) in [6.07, 6.45) is 5.01. The van der Waals surface area contributed by atoms with Gasteiger partial charge in [0.15, 0.2) is 0 Å². The van der Waals surface area contributed by atoms with Gasteiger partial charge in [-0.05, 0) is 13.6 Å². The highest BCUT2D eigenvalue weighted by molar-refractivity contribution is 4.99. The van der Waals surface area contributed by atoms with Gasteiger partial charge in [-0.2, -0.15) is 0 Å². The molecular weight excluding hydrogens is 182 g/mol. The minimum absolute atomic E-state index is 0.760. The van der Waals surface area contributed by atoms with Crippen molar-refractivity contribution in [2.45, 2.75) is 20.8 Å². The van der Waals surface area contributed by atoms with E-state index < -0.39 is 0 Å². The zero-order valence-electron chi connectivity index (χ0n) is 10.4. The van der Waals surface area contributed by atoms with Crippen LogP contribution < -0.4 is 0 Å². The first kappa shape index (κ1) is 16.2. The minimum atomic E-state index is 0.760. The summed E-state index contributed by atoms with van der Waals surface area (Å²) in [4.78, 5) is 2.07. The van der Waals surface area contributed by atoms with E-state index in [0.717, 1.165) is 13.1 Å². The Bertz CT molecular complexity index is 196. The molecule has 84 valence electrons. The molecule has 15 heavy (non-hydrogen) atoms. The number of hydrogen-bond acceptors (Lipinski definition) is 1. The van der Waals surface area contributed by atoms with E-state index in [-0.39, 0.29) is 0 Å². The third-order valence-electron chi connectivity index (χ3n) is 1.57. The summed E-state index contributed by atoms with van der Waals surface area (Å²) in [5.74, 6) is 2.54. The van der Waals surface area contributed by atoms with Crippen LogP contribution in [-0.2, 0) is 0 Å². The van der Waals surface area contributed by atoms with Gasteiger partial charge in [0, 0.05) is 0 Å². The van der Waals surface area contributed by atoms with Crippen LogP contribution in [0.3, 0.4) is 0 Å². The maximum absolute atomic E-state index is 5.01. The molecule has 0 fully saturated rings. The number of nitrogens with zero attached hydrogens (tertiary/aromatic N) is 1. The van der Waals surface area contributed by atoms with Crippen LogP contribution in [0.25, 0.3) is 0 Å². The highest BCUT2D eigenvalue weighted by Gasteiger charge is 1.84. The van der Waals surface area contributed by atoms with E-state index in [2.05, 4.69) is 17.7 Å². The fourth-order valence-electron chi connectivity index (χ4n) is 0.653. The van der Waals surface area contributed by atoms with Crippen LogP contribution in [0, 0.1) is 12.3 Å². The summed E-state index contributed by atoms with van der Waals surface area (Å²) < 4.78 is 0. The lowest BCUT2D eigenvalue weighted by atomic mass is 10.4. The first-order chi connectivity index (χ1) is 7.31. The highest BCUT2D eigenvalue weighted by Crippen LogP contribution is 1.79. The normalized spacial score (nSPS) is 7.73. The molecule has 0 aliphatic carbocycles. The number of hydrogen-bond donors (Lipinski definition) is 0. The molecule has 0 heterocycles. The molecule has 0 radical (unpaired) electrons. The SMILES string of the molecule is C#CCN(C)CC.CC.c1ccccc1. The lowest BCUT2D eigenvalue weighted by Gasteiger charge is -2.06. The predicted octanol–water partition coefficient (Wildman–Crippen LogP) is 3.28. The largest absolute Gasteiger partial charge is 0.296 e. The monoisotopic (exact) mass is 205 g/mol. The molecular formula is C14H23N. The second kappa shape index (κ2) is 15.2. The van der Waals surface area contributed by atoms with Gasteiger partial charge in [0.05, 0.1) is 6.54 Å². The van der Waals surface area contributed by atoms with Crippen LogP contribution >= 0.6 is 0 Å². The molecule has 1 aromatic carbocycles. The molecule has 0 bridgehead atoms. The van der Waals surface area contributed by atoms with Crippen LogP contribution in [-0.4, -0.2) is 25.0 Å². The zero-order valence-corrected chi connectivity index (χ0v) is 10.4. The van der Waals surface area contributed by atoms with E-state index in [1.807, 2.05) is 57.3 Å². The van der Waals surface area contributed by atoms with Gasteiger partial charge in [0.2, 0.25) is 0 Å². The fraction of sp³-hybridized carbons (Fsp3) is 0.429. The van der Waals surface area contributed by atoms with Crippen LogP contribution in [0.4, 0.5) is 0 Å². The summed E-state index contributed by atoms with van der Waals surface area (Å²) in [5, 5.41) is 0. The summed E-state index contributed by atoms with van der Waals surface area (Å²) in [6, 6.07) is 12.0. The number of terminal acetylenes is 1. The van der Waals surface area contributed by atoms with Crippen molar-refractivity contribution in [3.8, 4) is 12.3 Å². The van der Waals surface area contributed by atoms with Gasteiger partial charge in [-0.1, -0.05) is 63.1 Å². The molecule has 1 nitrogen and oxygen atoms in total. The van der Waals surface area contributed by atoms with E-state index in [9.17, 15) is 0 Å². The van der Waals surface area contributed by atoms with Gasteiger partial charge in [0.25, 0.3) is 0 Å². The molecule has 0 aliphatic heterocycles. The minimum Gasteiger partial charge on any atom is -0.296 e. The van der Waals surface area contributed by atoms with Crippen molar-refractivity contribution >= 4 is 0 Å². The van der Waals surface area contributed by atoms with Gasteiger partial charge in [-0.15, -0.1) is 6.42 Å². The molecule has 1 heteroatoms. The Morgan fingerprint density at radius 2 is 1.33 bits per heavy atom. The van der Waals surface area contributed by atoms with Crippen molar-refractivity contribution < 1.29 is 0 Å². The van der Waals surface area contributed by atoms with Crippen LogP contribution in [0.1, 0.15) is 20.8 Å². The summed E-state index contributed by atoms with van der Waals surface area (Å²) in [6.45, 7) is 7.87. The first-order valence-electron chi connectivity index (χ1n) is 5.43. The molecule has 0 N–H and O–H groups in total. The van der Waals surface area contributed by atoms with Crippen molar-refractivity contribution in [1.29, 1.82) is 0 Å². The van der Waals surface area contributed by atoms with Gasteiger partial charge >= 0.3 is 0 Å². The average Bonchev–Trinajstić information content (AvgIpc) is 2.35. The molecule has 0 saturated carbocycles. The molecule has 0 aromatic heterocycles. The third-order valence-corrected chi connectivity index (χ3v) is 1.57. The van der Waals surface area contributed by atoms with Gasteiger partial charge in [0.1, 0.15) is 0 Å². The Morgan fingerprint density at radius 3 is 1.47 bits per heavy atom. The third kappa shape index (κ3) is 15.5. The van der Waals surface area contributed by atoms with E-state index in [1.54, 1.807) is 0 Å². The van der Waals surface area contributed by atoms with Crippen molar-refractivity contribution in [3.05, 3.63) is 36.4 Å². The molecule has 0 unspecified atom stereocenters.